The van der Waals surface area contributed by atoms with Crippen LogP contribution >= 0.6 is 0 Å². The van der Waals surface area contributed by atoms with Crippen LogP contribution in [0.4, 0.5) is 29.2 Å². The SMILES string of the molecule is CC1(C)C2CCC(CNc3nc(NC4CCNCC4)nc(N4CCc5ccc([N+](=O)[O-])cc54)n3)C1C2. The number of fused-ring (bicyclic) bond motifs is 3. The third kappa shape index (κ3) is 4.25. The second-order valence-corrected chi connectivity index (χ2v) is 11.5. The van der Waals surface area contributed by atoms with E-state index in [0.717, 1.165) is 62.0 Å². The van der Waals surface area contributed by atoms with Crippen LogP contribution in [0.1, 0.15) is 51.5 Å². The predicted octanol–water partition coefficient (Wildman–Crippen LogP) is 4.12. The van der Waals surface area contributed by atoms with Crippen LogP contribution in [0, 0.1) is 33.3 Å². The van der Waals surface area contributed by atoms with Crippen molar-refractivity contribution < 1.29 is 4.92 Å². The van der Waals surface area contributed by atoms with Crippen LogP contribution in [0.15, 0.2) is 18.2 Å². The predicted molar refractivity (Wildman–Crippen MR) is 140 cm³/mol. The van der Waals surface area contributed by atoms with Crippen LogP contribution in [-0.4, -0.2) is 52.1 Å². The standard InChI is InChI=1S/C26H36N8O2/c1-26(2)18-5-3-17(21(26)13-18)15-28-23-30-24(29-19-7-10-27-11-8-19)32-25(31-23)33-12-9-16-4-6-20(34(35)36)14-22(16)33/h4,6,14,17-19,21,27H,3,5,7-13,15H2,1-2H3,(H2,28,29,30,31,32). The first-order valence-corrected chi connectivity index (χ1v) is 13.4. The van der Waals surface area contributed by atoms with E-state index in [2.05, 4.69) is 29.8 Å². The molecule has 1 saturated heterocycles. The lowest BCUT2D eigenvalue weighted by atomic mass is 9.45. The van der Waals surface area contributed by atoms with Gasteiger partial charge in [-0.1, -0.05) is 19.9 Å². The number of benzene rings is 1. The number of nitrogens with one attached hydrogen (secondary N) is 3. The maximum Gasteiger partial charge on any atom is 0.271 e. The number of hydrogen-bond donors (Lipinski definition) is 3. The van der Waals surface area contributed by atoms with Gasteiger partial charge in [0.25, 0.3) is 5.69 Å². The van der Waals surface area contributed by atoms with Crippen molar-refractivity contribution in [3.63, 3.8) is 0 Å². The summed E-state index contributed by atoms with van der Waals surface area (Å²) in [5, 5.41) is 21.9. The summed E-state index contributed by atoms with van der Waals surface area (Å²) in [6.07, 6.45) is 6.74. The molecule has 10 heteroatoms. The summed E-state index contributed by atoms with van der Waals surface area (Å²) in [6, 6.07) is 5.37. The number of anilines is 4. The minimum atomic E-state index is -0.349. The second kappa shape index (κ2) is 9.14. The first-order chi connectivity index (χ1) is 17.4. The van der Waals surface area contributed by atoms with Gasteiger partial charge in [0.1, 0.15) is 0 Å². The number of aromatic nitrogens is 3. The lowest BCUT2D eigenvalue weighted by molar-refractivity contribution is -0.384. The van der Waals surface area contributed by atoms with Gasteiger partial charge in [-0.2, -0.15) is 15.0 Å². The van der Waals surface area contributed by atoms with E-state index in [4.69, 9.17) is 15.0 Å². The van der Waals surface area contributed by atoms with Crippen molar-refractivity contribution in [2.45, 2.75) is 58.4 Å². The Bertz CT molecular complexity index is 1150. The van der Waals surface area contributed by atoms with Crippen molar-refractivity contribution in [3.05, 3.63) is 33.9 Å². The fraction of sp³-hybridized carbons (Fsp3) is 0.654. The Morgan fingerprint density at radius 3 is 2.69 bits per heavy atom. The number of hydrogen-bond acceptors (Lipinski definition) is 9. The molecule has 7 rings (SSSR count). The van der Waals surface area contributed by atoms with Crippen molar-refractivity contribution in [1.29, 1.82) is 0 Å². The molecule has 3 heterocycles. The van der Waals surface area contributed by atoms with E-state index in [1.807, 2.05) is 11.0 Å². The number of piperidine rings is 1. The quantitative estimate of drug-likeness (QED) is 0.387. The number of nitro groups is 1. The molecule has 192 valence electrons. The molecular weight excluding hydrogens is 456 g/mol. The number of nitro benzene ring substituents is 1. The largest absolute Gasteiger partial charge is 0.354 e. The molecule has 1 aromatic carbocycles. The molecule has 3 aliphatic carbocycles. The first kappa shape index (κ1) is 23.4. The smallest absolute Gasteiger partial charge is 0.271 e. The zero-order valence-electron chi connectivity index (χ0n) is 21.2. The Hall–Kier alpha value is -3.01. The fourth-order valence-electron chi connectivity index (χ4n) is 6.90. The van der Waals surface area contributed by atoms with Gasteiger partial charge in [0.05, 0.1) is 10.6 Å². The van der Waals surface area contributed by atoms with E-state index in [-0.39, 0.29) is 10.6 Å². The summed E-state index contributed by atoms with van der Waals surface area (Å²) in [6.45, 7) is 8.34. The monoisotopic (exact) mass is 492 g/mol. The molecule has 0 radical (unpaired) electrons. The fourth-order valence-corrected chi connectivity index (χ4v) is 6.90. The van der Waals surface area contributed by atoms with Crippen LogP contribution in [0.3, 0.4) is 0 Å². The highest BCUT2D eigenvalue weighted by Crippen LogP contribution is 2.61. The summed E-state index contributed by atoms with van der Waals surface area (Å²) in [7, 11) is 0. The van der Waals surface area contributed by atoms with Crippen LogP contribution in [0.25, 0.3) is 0 Å². The number of non-ortho nitro benzene ring substituents is 1. The van der Waals surface area contributed by atoms with Crippen molar-refractivity contribution in [2.24, 2.45) is 23.2 Å². The zero-order chi connectivity index (χ0) is 24.9. The number of nitrogens with zero attached hydrogens (tertiary/aromatic N) is 5. The molecule has 2 aliphatic heterocycles. The molecule has 3 saturated carbocycles. The first-order valence-electron chi connectivity index (χ1n) is 13.4. The van der Waals surface area contributed by atoms with E-state index < -0.39 is 0 Å². The van der Waals surface area contributed by atoms with E-state index in [1.165, 1.54) is 19.3 Å². The second-order valence-electron chi connectivity index (χ2n) is 11.5. The molecule has 2 bridgehead atoms. The topological polar surface area (TPSA) is 121 Å². The van der Waals surface area contributed by atoms with Gasteiger partial charge < -0.3 is 20.9 Å². The Balaban J connectivity index is 1.27. The molecular formula is C26H36N8O2. The van der Waals surface area contributed by atoms with Gasteiger partial charge in [-0.05, 0) is 80.3 Å². The molecule has 3 unspecified atom stereocenters. The van der Waals surface area contributed by atoms with Gasteiger partial charge in [-0.15, -0.1) is 0 Å². The molecule has 5 aliphatic rings. The van der Waals surface area contributed by atoms with Crippen LogP contribution in [0.5, 0.6) is 0 Å². The summed E-state index contributed by atoms with van der Waals surface area (Å²) < 4.78 is 0. The van der Waals surface area contributed by atoms with Gasteiger partial charge in [0.15, 0.2) is 0 Å². The molecule has 4 fully saturated rings. The molecule has 10 nitrogen and oxygen atoms in total. The van der Waals surface area contributed by atoms with E-state index in [0.29, 0.717) is 41.8 Å². The summed E-state index contributed by atoms with van der Waals surface area (Å²) in [5.74, 6) is 3.94. The molecule has 1 aromatic heterocycles. The Labute approximate surface area is 211 Å². The normalized spacial score (nSPS) is 26.7. The van der Waals surface area contributed by atoms with Crippen LogP contribution < -0.4 is 20.9 Å². The van der Waals surface area contributed by atoms with E-state index in [9.17, 15) is 10.1 Å². The van der Waals surface area contributed by atoms with Crippen molar-refractivity contribution >= 4 is 29.2 Å². The van der Waals surface area contributed by atoms with Crippen molar-refractivity contribution in [3.8, 4) is 0 Å². The molecule has 36 heavy (non-hydrogen) atoms. The summed E-state index contributed by atoms with van der Waals surface area (Å²) in [5.41, 5.74) is 2.40. The average Bonchev–Trinajstić information content (AvgIpc) is 3.31. The molecule has 0 amide bonds. The summed E-state index contributed by atoms with van der Waals surface area (Å²) in [4.78, 5) is 27.4. The minimum absolute atomic E-state index is 0.0832. The molecule has 2 aromatic rings. The number of rotatable bonds is 7. The lowest BCUT2D eigenvalue weighted by Gasteiger charge is -2.60. The molecule has 3 N–H and O–H groups in total. The zero-order valence-corrected chi connectivity index (χ0v) is 21.2. The summed E-state index contributed by atoms with van der Waals surface area (Å²) >= 11 is 0. The molecule has 3 atom stereocenters. The van der Waals surface area contributed by atoms with Gasteiger partial charge in [0.2, 0.25) is 17.8 Å². The third-order valence-corrected chi connectivity index (χ3v) is 9.24. The highest BCUT2D eigenvalue weighted by Gasteiger charge is 2.53. The maximum absolute atomic E-state index is 11.4. The van der Waals surface area contributed by atoms with Crippen LogP contribution in [0.2, 0.25) is 0 Å². The molecule has 0 spiro atoms. The van der Waals surface area contributed by atoms with Crippen molar-refractivity contribution in [2.75, 3.05) is 41.7 Å². The van der Waals surface area contributed by atoms with Crippen LogP contribution in [-0.2, 0) is 6.42 Å². The minimum Gasteiger partial charge on any atom is -0.354 e. The van der Waals surface area contributed by atoms with Gasteiger partial charge >= 0.3 is 0 Å². The van der Waals surface area contributed by atoms with Gasteiger partial charge in [-0.25, -0.2) is 0 Å². The van der Waals surface area contributed by atoms with E-state index in [1.54, 1.807) is 12.1 Å². The Morgan fingerprint density at radius 2 is 1.94 bits per heavy atom. The Morgan fingerprint density at radius 1 is 1.14 bits per heavy atom. The van der Waals surface area contributed by atoms with Crippen molar-refractivity contribution in [1.82, 2.24) is 20.3 Å². The van der Waals surface area contributed by atoms with E-state index >= 15 is 0 Å². The Kier molecular flexibility index (Phi) is 5.94. The highest BCUT2D eigenvalue weighted by molar-refractivity contribution is 5.69. The van der Waals surface area contributed by atoms with Gasteiger partial charge in [0, 0.05) is 31.3 Å². The average molecular weight is 493 g/mol. The lowest BCUT2D eigenvalue weighted by Crippen LogP contribution is -2.53. The maximum atomic E-state index is 11.4. The van der Waals surface area contributed by atoms with Gasteiger partial charge in [-0.3, -0.25) is 10.1 Å². The third-order valence-electron chi connectivity index (χ3n) is 9.24. The highest BCUT2D eigenvalue weighted by atomic mass is 16.6.